The third kappa shape index (κ3) is 2.63. The van der Waals surface area contributed by atoms with Crippen molar-refractivity contribution < 1.29 is 5.11 Å². The second-order valence-corrected chi connectivity index (χ2v) is 5.12. The number of azo groups is 1. The fourth-order valence-corrected chi connectivity index (χ4v) is 2.42. The Balaban J connectivity index is 2.03. The lowest BCUT2D eigenvalue weighted by molar-refractivity contribution is 0.282. The second-order valence-electron chi connectivity index (χ2n) is 5.12. The molecule has 0 saturated heterocycles. The fourth-order valence-electron chi connectivity index (χ4n) is 2.42. The largest absolute Gasteiger partial charge is 0.392 e. The molecule has 2 aromatic heterocycles. The summed E-state index contributed by atoms with van der Waals surface area (Å²) in [6.45, 7) is 4.01. The summed E-state index contributed by atoms with van der Waals surface area (Å²) >= 11 is 0. The average Bonchev–Trinajstić information content (AvgIpc) is 2.87. The van der Waals surface area contributed by atoms with Crippen LogP contribution in [0.15, 0.2) is 52.8 Å². The highest BCUT2D eigenvalue weighted by Crippen LogP contribution is 2.26. The number of aromatic nitrogens is 2. The molecule has 0 aliphatic rings. The monoisotopic (exact) mass is 294 g/mol. The highest BCUT2D eigenvalue weighted by Gasteiger charge is 2.08. The van der Waals surface area contributed by atoms with Crippen LogP contribution in [-0.4, -0.2) is 14.5 Å². The van der Waals surface area contributed by atoms with Gasteiger partial charge in [0.15, 0.2) is 5.82 Å². The summed E-state index contributed by atoms with van der Waals surface area (Å²) in [7, 11) is 0. The molecule has 0 radical (unpaired) electrons. The molecule has 0 spiro atoms. The van der Waals surface area contributed by atoms with Gasteiger partial charge in [0.2, 0.25) is 0 Å². The molecule has 5 nitrogen and oxygen atoms in total. The number of fused-ring (bicyclic) bond motifs is 1. The zero-order valence-electron chi connectivity index (χ0n) is 12.7. The van der Waals surface area contributed by atoms with E-state index in [0.717, 1.165) is 29.0 Å². The number of pyridine rings is 1. The van der Waals surface area contributed by atoms with Crippen molar-refractivity contribution >= 4 is 17.2 Å². The van der Waals surface area contributed by atoms with E-state index in [0.29, 0.717) is 5.82 Å². The van der Waals surface area contributed by atoms with E-state index in [1.54, 1.807) is 0 Å². The van der Waals surface area contributed by atoms with Crippen LogP contribution in [0.25, 0.3) is 5.65 Å². The maximum Gasteiger partial charge on any atom is 0.182 e. The van der Waals surface area contributed by atoms with Crippen molar-refractivity contribution in [2.24, 2.45) is 10.2 Å². The molecular formula is C17H18N4O. The van der Waals surface area contributed by atoms with Gasteiger partial charge in [-0.2, -0.15) is 0 Å². The molecule has 0 unspecified atom stereocenters. The van der Waals surface area contributed by atoms with Crippen LogP contribution in [0.1, 0.15) is 23.7 Å². The number of nitrogens with zero attached hydrogens (tertiary/aromatic N) is 4. The molecule has 0 saturated carbocycles. The molecule has 0 aliphatic carbocycles. The zero-order chi connectivity index (χ0) is 15.5. The van der Waals surface area contributed by atoms with Gasteiger partial charge in [-0.15, -0.1) is 10.2 Å². The van der Waals surface area contributed by atoms with Gasteiger partial charge in [-0.3, -0.25) is 4.40 Å². The van der Waals surface area contributed by atoms with E-state index in [1.807, 2.05) is 47.9 Å². The number of imidazole rings is 1. The Hall–Kier alpha value is -2.53. The first-order valence-corrected chi connectivity index (χ1v) is 7.31. The molecule has 0 aliphatic heterocycles. The van der Waals surface area contributed by atoms with E-state index < -0.39 is 0 Å². The van der Waals surface area contributed by atoms with Crippen molar-refractivity contribution in [2.75, 3.05) is 0 Å². The SMILES string of the molecule is CCc1ccccc1N=Nc1c(C)nc2cc(CO)ccn12. The first kappa shape index (κ1) is 14.4. The first-order valence-electron chi connectivity index (χ1n) is 7.31. The number of aryl methyl sites for hydroxylation is 2. The molecule has 3 rings (SSSR count). The number of hydrogen-bond acceptors (Lipinski definition) is 4. The van der Waals surface area contributed by atoms with Gasteiger partial charge >= 0.3 is 0 Å². The zero-order valence-corrected chi connectivity index (χ0v) is 12.7. The number of benzene rings is 1. The molecule has 0 fully saturated rings. The van der Waals surface area contributed by atoms with Crippen molar-refractivity contribution in [3.05, 3.63) is 59.4 Å². The van der Waals surface area contributed by atoms with Gasteiger partial charge in [0.05, 0.1) is 18.0 Å². The topological polar surface area (TPSA) is 62.2 Å². The van der Waals surface area contributed by atoms with Crippen LogP contribution in [0.2, 0.25) is 0 Å². The van der Waals surface area contributed by atoms with Crippen molar-refractivity contribution in [1.29, 1.82) is 0 Å². The number of hydrogen-bond donors (Lipinski definition) is 1. The number of rotatable bonds is 4. The normalized spacial score (nSPS) is 11.6. The van der Waals surface area contributed by atoms with E-state index in [1.165, 1.54) is 5.56 Å². The second kappa shape index (κ2) is 6.07. The highest BCUT2D eigenvalue weighted by atomic mass is 16.3. The first-order chi connectivity index (χ1) is 10.7. The summed E-state index contributed by atoms with van der Waals surface area (Å²) in [5, 5.41) is 18.0. The quantitative estimate of drug-likeness (QED) is 0.736. The van der Waals surface area contributed by atoms with Gasteiger partial charge in [-0.25, -0.2) is 4.98 Å². The lowest BCUT2D eigenvalue weighted by atomic mass is 10.1. The summed E-state index contributed by atoms with van der Waals surface area (Å²) in [5.41, 5.74) is 4.46. The van der Waals surface area contributed by atoms with Gasteiger partial charge in [-0.05, 0) is 42.7 Å². The van der Waals surface area contributed by atoms with Crippen molar-refractivity contribution in [1.82, 2.24) is 9.38 Å². The minimum atomic E-state index is 0.00311. The minimum Gasteiger partial charge on any atom is -0.392 e. The molecule has 0 amide bonds. The van der Waals surface area contributed by atoms with E-state index in [2.05, 4.69) is 28.2 Å². The molecule has 2 heterocycles. The minimum absolute atomic E-state index is 0.00311. The molecule has 5 heteroatoms. The van der Waals surface area contributed by atoms with Crippen molar-refractivity contribution in [2.45, 2.75) is 26.9 Å². The van der Waals surface area contributed by atoms with E-state index in [9.17, 15) is 5.11 Å². The lowest BCUT2D eigenvalue weighted by Crippen LogP contribution is -1.88. The Morgan fingerprint density at radius 1 is 1.18 bits per heavy atom. The standard InChI is InChI=1S/C17H18N4O/c1-3-14-6-4-5-7-15(14)19-20-17-12(2)18-16-10-13(11-22)8-9-21(16)17/h4-10,22H,3,11H2,1-2H3. The Kier molecular flexibility index (Phi) is 3.98. The van der Waals surface area contributed by atoms with Crippen LogP contribution in [0, 0.1) is 6.92 Å². The third-order valence-electron chi connectivity index (χ3n) is 3.64. The van der Waals surface area contributed by atoms with Crippen molar-refractivity contribution in [3.63, 3.8) is 0 Å². The van der Waals surface area contributed by atoms with Crippen LogP contribution in [-0.2, 0) is 13.0 Å². The summed E-state index contributed by atoms with van der Waals surface area (Å²) in [6.07, 6.45) is 2.78. The van der Waals surface area contributed by atoms with Gasteiger partial charge in [0, 0.05) is 6.20 Å². The molecule has 112 valence electrons. The van der Waals surface area contributed by atoms with Crippen LogP contribution in [0.4, 0.5) is 11.5 Å². The summed E-state index contributed by atoms with van der Waals surface area (Å²) in [4.78, 5) is 4.47. The predicted molar refractivity (Wildman–Crippen MR) is 85.8 cm³/mol. The van der Waals surface area contributed by atoms with E-state index >= 15 is 0 Å². The maximum atomic E-state index is 9.20. The third-order valence-corrected chi connectivity index (χ3v) is 3.64. The Labute approximate surface area is 129 Å². The summed E-state index contributed by atoms with van der Waals surface area (Å²) in [6, 6.07) is 11.7. The van der Waals surface area contributed by atoms with Crippen LogP contribution in [0.5, 0.6) is 0 Å². The molecule has 1 N–H and O–H groups in total. The molecule has 1 aromatic carbocycles. The van der Waals surface area contributed by atoms with Gasteiger partial charge < -0.3 is 5.11 Å². The van der Waals surface area contributed by atoms with Gasteiger partial charge in [0.25, 0.3) is 0 Å². The molecule has 3 aromatic rings. The highest BCUT2D eigenvalue weighted by molar-refractivity contribution is 5.53. The number of aliphatic hydroxyl groups excluding tert-OH is 1. The summed E-state index contributed by atoms with van der Waals surface area (Å²) < 4.78 is 1.88. The Morgan fingerprint density at radius 3 is 2.77 bits per heavy atom. The average molecular weight is 294 g/mol. The van der Waals surface area contributed by atoms with E-state index in [-0.39, 0.29) is 6.61 Å². The smallest absolute Gasteiger partial charge is 0.182 e. The predicted octanol–water partition coefficient (Wildman–Crippen LogP) is 4.11. The maximum absolute atomic E-state index is 9.20. The van der Waals surface area contributed by atoms with Crippen molar-refractivity contribution in [3.8, 4) is 0 Å². The van der Waals surface area contributed by atoms with Gasteiger partial charge in [0.1, 0.15) is 5.65 Å². The van der Waals surface area contributed by atoms with Crippen LogP contribution < -0.4 is 0 Å². The Bertz CT molecular complexity index is 836. The number of aliphatic hydroxyl groups is 1. The molecular weight excluding hydrogens is 276 g/mol. The molecule has 0 atom stereocenters. The summed E-state index contributed by atoms with van der Waals surface area (Å²) in [5.74, 6) is 0.713. The Morgan fingerprint density at radius 2 is 2.00 bits per heavy atom. The van der Waals surface area contributed by atoms with E-state index in [4.69, 9.17) is 0 Å². The lowest BCUT2D eigenvalue weighted by Gasteiger charge is -2.01. The van der Waals surface area contributed by atoms with Crippen LogP contribution in [0.3, 0.4) is 0 Å². The molecule has 0 bridgehead atoms. The van der Waals surface area contributed by atoms with Gasteiger partial charge in [-0.1, -0.05) is 25.1 Å². The fraction of sp³-hybridized carbons (Fsp3) is 0.235. The van der Waals surface area contributed by atoms with Crippen LogP contribution >= 0.6 is 0 Å². The molecule has 22 heavy (non-hydrogen) atoms.